The van der Waals surface area contributed by atoms with E-state index in [1.165, 1.54) is 4.90 Å². The van der Waals surface area contributed by atoms with Crippen molar-refractivity contribution in [3.05, 3.63) is 22.5 Å². The summed E-state index contributed by atoms with van der Waals surface area (Å²) >= 11 is 0. The normalized spacial score (nSPS) is 17.0. The summed E-state index contributed by atoms with van der Waals surface area (Å²) in [6.07, 6.45) is 0.910. The van der Waals surface area contributed by atoms with E-state index in [9.17, 15) is 24.0 Å². The van der Waals surface area contributed by atoms with Gasteiger partial charge in [0, 0.05) is 24.5 Å². The molecule has 0 aliphatic carbocycles. The summed E-state index contributed by atoms with van der Waals surface area (Å²) in [5, 5.41) is 2.92. The highest BCUT2D eigenvalue weighted by Crippen LogP contribution is 2.32. The summed E-state index contributed by atoms with van der Waals surface area (Å²) in [4.78, 5) is 64.5. The van der Waals surface area contributed by atoms with Gasteiger partial charge in [0.25, 0.3) is 5.91 Å². The number of piperidine rings is 1. The van der Waals surface area contributed by atoms with E-state index >= 15 is 0 Å². The van der Waals surface area contributed by atoms with Gasteiger partial charge in [0.1, 0.15) is 5.92 Å². The second kappa shape index (κ2) is 12.9. The molecule has 1 N–H and O–H groups in total. The Labute approximate surface area is 204 Å². The zero-order valence-electron chi connectivity index (χ0n) is 20.9. The van der Waals surface area contributed by atoms with Gasteiger partial charge < -0.3 is 29.2 Å². The van der Waals surface area contributed by atoms with Crippen LogP contribution < -0.4 is 5.32 Å². The number of nitrogens with zero attached hydrogens (tertiary/aromatic N) is 1. The van der Waals surface area contributed by atoms with Crippen LogP contribution in [0.2, 0.25) is 0 Å². The lowest BCUT2D eigenvalue weighted by atomic mass is 9.85. The number of carbonyl (C=O) groups is 5. The van der Waals surface area contributed by atoms with Crippen molar-refractivity contribution in [3.63, 3.8) is 0 Å². The number of esters is 4. The van der Waals surface area contributed by atoms with Crippen molar-refractivity contribution in [2.45, 2.75) is 47.5 Å². The molecule has 1 saturated heterocycles. The van der Waals surface area contributed by atoms with E-state index in [4.69, 9.17) is 18.9 Å². The number of dihydropyridines is 1. The third kappa shape index (κ3) is 6.83. The van der Waals surface area contributed by atoms with Crippen molar-refractivity contribution < 1.29 is 42.9 Å². The molecule has 0 radical (unpaired) electrons. The Bertz CT molecular complexity index is 874. The molecule has 0 unspecified atom stereocenters. The fourth-order valence-corrected chi connectivity index (χ4v) is 4.12. The van der Waals surface area contributed by atoms with Gasteiger partial charge in [-0.3, -0.25) is 14.4 Å². The lowest BCUT2D eigenvalue weighted by Crippen LogP contribution is -2.43. The molecule has 1 fully saturated rings. The van der Waals surface area contributed by atoms with Gasteiger partial charge in [0.05, 0.1) is 36.9 Å². The highest BCUT2D eigenvalue weighted by molar-refractivity contribution is 6.05. The minimum absolute atomic E-state index is 0.0645. The number of hydrogen-bond acceptors (Lipinski definition) is 10. The van der Waals surface area contributed by atoms with Crippen LogP contribution in [0.1, 0.15) is 47.5 Å². The van der Waals surface area contributed by atoms with Crippen LogP contribution in [0.15, 0.2) is 22.5 Å². The molecule has 0 saturated carbocycles. The van der Waals surface area contributed by atoms with Gasteiger partial charge in [0.15, 0.2) is 6.61 Å². The number of nitrogens with one attached hydrogen (secondary N) is 1. The maximum absolute atomic E-state index is 13.2. The fourth-order valence-electron chi connectivity index (χ4n) is 4.12. The number of hydrogen-bond donors (Lipinski definition) is 1. The van der Waals surface area contributed by atoms with Crippen LogP contribution in [0.3, 0.4) is 0 Å². The Morgan fingerprint density at radius 2 is 1.26 bits per heavy atom. The van der Waals surface area contributed by atoms with Gasteiger partial charge in [-0.1, -0.05) is 0 Å². The predicted molar refractivity (Wildman–Crippen MR) is 122 cm³/mol. The first kappa shape index (κ1) is 27.9. The number of ether oxygens (including phenoxy) is 4. The molecule has 0 aromatic heterocycles. The van der Waals surface area contributed by atoms with Gasteiger partial charge in [-0.15, -0.1) is 0 Å². The molecule has 35 heavy (non-hydrogen) atoms. The second-order valence-electron chi connectivity index (χ2n) is 8.09. The summed E-state index contributed by atoms with van der Waals surface area (Å²) in [6, 6.07) is 0. The number of carbonyl (C=O) groups excluding carboxylic acids is 5. The lowest BCUT2D eigenvalue weighted by molar-refractivity contribution is -0.157. The third-order valence-corrected chi connectivity index (χ3v) is 5.79. The topological polar surface area (TPSA) is 138 Å². The molecule has 1 amide bonds. The SMILES string of the molecule is CCOC(=O)C1=C(C)NC(C)=C(C(=O)OCC)C1C(=O)OCC(=O)N1CCC(C(=O)OCC)CC1. The lowest BCUT2D eigenvalue weighted by Gasteiger charge is -2.31. The molecule has 0 spiro atoms. The monoisotopic (exact) mass is 494 g/mol. The molecule has 2 heterocycles. The number of rotatable bonds is 9. The van der Waals surface area contributed by atoms with Gasteiger partial charge in [-0.2, -0.15) is 0 Å². The molecule has 2 aliphatic heterocycles. The molecule has 11 heteroatoms. The second-order valence-corrected chi connectivity index (χ2v) is 8.09. The summed E-state index contributed by atoms with van der Waals surface area (Å²) in [6.45, 7) is 8.65. The molecule has 0 bridgehead atoms. The zero-order chi connectivity index (χ0) is 26.1. The predicted octanol–water partition coefficient (Wildman–Crippen LogP) is 1.22. The molecule has 0 atom stereocenters. The van der Waals surface area contributed by atoms with Crippen molar-refractivity contribution in [3.8, 4) is 0 Å². The fraction of sp³-hybridized carbons (Fsp3) is 0.625. The van der Waals surface area contributed by atoms with Crippen LogP contribution in [0.5, 0.6) is 0 Å². The van der Waals surface area contributed by atoms with Crippen LogP contribution >= 0.6 is 0 Å². The van der Waals surface area contributed by atoms with Crippen molar-refractivity contribution in [2.24, 2.45) is 11.8 Å². The van der Waals surface area contributed by atoms with Gasteiger partial charge in [-0.05, 0) is 47.5 Å². The molecular weight excluding hydrogens is 460 g/mol. The number of amides is 1. The quantitative estimate of drug-likeness (QED) is 0.368. The van der Waals surface area contributed by atoms with Crippen LogP contribution in [0.25, 0.3) is 0 Å². The highest BCUT2D eigenvalue weighted by atomic mass is 16.6. The van der Waals surface area contributed by atoms with E-state index in [1.807, 2.05) is 0 Å². The van der Waals surface area contributed by atoms with E-state index in [2.05, 4.69) is 5.32 Å². The first-order valence-electron chi connectivity index (χ1n) is 11.8. The molecule has 2 rings (SSSR count). The van der Waals surface area contributed by atoms with Crippen LogP contribution in [-0.4, -0.2) is 74.2 Å². The maximum atomic E-state index is 13.2. The molecule has 194 valence electrons. The van der Waals surface area contributed by atoms with Crippen LogP contribution in [0.4, 0.5) is 0 Å². The average molecular weight is 495 g/mol. The largest absolute Gasteiger partial charge is 0.466 e. The molecular formula is C24H34N2O9. The molecule has 2 aliphatic rings. The summed E-state index contributed by atoms with van der Waals surface area (Å²) in [5.74, 6) is -4.88. The third-order valence-electron chi connectivity index (χ3n) is 5.79. The first-order chi connectivity index (χ1) is 16.7. The van der Waals surface area contributed by atoms with E-state index < -0.39 is 36.3 Å². The maximum Gasteiger partial charge on any atom is 0.337 e. The van der Waals surface area contributed by atoms with E-state index in [-0.39, 0.29) is 36.2 Å². The standard InChI is InChI=1S/C24H34N2O9/c1-6-32-21(28)16-9-11-26(12-10-16)17(27)13-35-24(31)20-18(22(29)33-7-2)14(4)25-15(5)19(20)23(30)34-8-3/h16,20,25H,6-13H2,1-5H3. The van der Waals surface area contributed by atoms with E-state index in [0.717, 1.165) is 0 Å². The highest BCUT2D eigenvalue weighted by Gasteiger charge is 2.43. The summed E-state index contributed by atoms with van der Waals surface area (Å²) in [5.41, 5.74) is 0.521. The van der Waals surface area contributed by atoms with Gasteiger partial charge >= 0.3 is 23.9 Å². The zero-order valence-corrected chi connectivity index (χ0v) is 20.9. The minimum atomic E-state index is -1.41. The molecule has 0 aromatic rings. The molecule has 11 nitrogen and oxygen atoms in total. The Balaban J connectivity index is 2.14. The molecule has 0 aromatic carbocycles. The smallest absolute Gasteiger partial charge is 0.337 e. The minimum Gasteiger partial charge on any atom is -0.466 e. The van der Waals surface area contributed by atoms with Crippen LogP contribution in [0, 0.1) is 11.8 Å². The van der Waals surface area contributed by atoms with Crippen molar-refractivity contribution in [2.75, 3.05) is 39.5 Å². The van der Waals surface area contributed by atoms with Gasteiger partial charge in [-0.25, -0.2) is 9.59 Å². The van der Waals surface area contributed by atoms with Crippen molar-refractivity contribution in [1.29, 1.82) is 0 Å². The Kier molecular flexibility index (Phi) is 10.3. The first-order valence-corrected chi connectivity index (χ1v) is 11.8. The van der Waals surface area contributed by atoms with E-state index in [1.54, 1.807) is 34.6 Å². The number of allylic oxidation sites excluding steroid dienone is 2. The summed E-state index contributed by atoms with van der Waals surface area (Å²) in [7, 11) is 0. The number of likely N-dealkylation sites (tertiary alicyclic amines) is 1. The Morgan fingerprint density at radius 1 is 0.771 bits per heavy atom. The average Bonchev–Trinajstić information content (AvgIpc) is 2.82. The van der Waals surface area contributed by atoms with Crippen molar-refractivity contribution in [1.82, 2.24) is 10.2 Å². The van der Waals surface area contributed by atoms with Crippen LogP contribution in [-0.2, 0) is 42.9 Å². The Morgan fingerprint density at radius 3 is 1.71 bits per heavy atom. The Hall–Kier alpha value is -3.37. The van der Waals surface area contributed by atoms with Gasteiger partial charge in [0.2, 0.25) is 0 Å². The van der Waals surface area contributed by atoms with E-state index in [0.29, 0.717) is 43.9 Å². The van der Waals surface area contributed by atoms with Crippen molar-refractivity contribution >= 4 is 29.8 Å². The summed E-state index contributed by atoms with van der Waals surface area (Å²) < 4.78 is 20.5.